The van der Waals surface area contributed by atoms with Gasteiger partial charge in [-0.15, -0.1) is 0 Å². The van der Waals surface area contributed by atoms with E-state index in [-0.39, 0.29) is 28.7 Å². The van der Waals surface area contributed by atoms with Gasteiger partial charge >= 0.3 is 0 Å². The van der Waals surface area contributed by atoms with Gasteiger partial charge in [-0.25, -0.2) is 0 Å². The largest absolute Gasteiger partial charge is 0.485 e. The molecule has 0 saturated carbocycles. The normalized spacial score (nSPS) is 22.1. The monoisotopic (exact) mass is 314 g/mol. The van der Waals surface area contributed by atoms with Crippen LogP contribution in [0, 0.1) is 0 Å². The number of para-hydroxylation sites is 1. The second-order valence-corrected chi connectivity index (χ2v) is 5.47. The molecular weight excluding hydrogens is 300 g/mol. The van der Waals surface area contributed by atoms with E-state index >= 15 is 0 Å². The molecule has 5 nitrogen and oxygen atoms in total. The minimum absolute atomic E-state index is 0.106. The molecule has 6 heteroatoms. The fourth-order valence-electron chi connectivity index (χ4n) is 2.45. The molecule has 2 aliphatic rings. The molecule has 2 aliphatic heterocycles. The van der Waals surface area contributed by atoms with Crippen molar-refractivity contribution in [2.45, 2.75) is 20.0 Å². The Morgan fingerprint density at radius 2 is 2.14 bits per heavy atom. The van der Waals surface area contributed by atoms with Gasteiger partial charge in [0.05, 0.1) is 0 Å². The van der Waals surface area contributed by atoms with Crippen molar-refractivity contribution in [3.63, 3.8) is 0 Å². The fourth-order valence-corrected chi connectivity index (χ4v) is 2.77. The van der Waals surface area contributed by atoms with E-state index in [1.807, 2.05) is 37.3 Å². The minimum Gasteiger partial charge on any atom is -0.485 e. The van der Waals surface area contributed by atoms with Crippen molar-refractivity contribution >= 4 is 35.2 Å². The number of rotatable bonds is 1. The van der Waals surface area contributed by atoms with Gasteiger partial charge in [0, 0.05) is 12.5 Å². The second-order valence-electron chi connectivity index (χ2n) is 5.09. The van der Waals surface area contributed by atoms with Crippen LogP contribution in [-0.4, -0.2) is 27.9 Å². The second kappa shape index (κ2) is 5.38. The van der Waals surface area contributed by atoms with Crippen molar-refractivity contribution in [3.05, 3.63) is 47.2 Å². The Balaban J connectivity index is 2.04. The molecule has 1 saturated heterocycles. The topological polar surface area (TPSA) is 58.6 Å². The van der Waals surface area contributed by atoms with Crippen molar-refractivity contribution in [1.82, 2.24) is 10.2 Å². The Bertz CT molecular complexity index is 752. The predicted molar refractivity (Wildman–Crippen MR) is 85.9 cm³/mol. The Kier molecular flexibility index (Phi) is 3.54. The summed E-state index contributed by atoms with van der Waals surface area (Å²) in [4.78, 5) is 24.9. The van der Waals surface area contributed by atoms with Crippen molar-refractivity contribution in [2.24, 2.45) is 0 Å². The van der Waals surface area contributed by atoms with Gasteiger partial charge in [0.2, 0.25) is 5.91 Å². The molecule has 3 rings (SSSR count). The highest BCUT2D eigenvalue weighted by Crippen LogP contribution is 2.31. The first-order valence-electron chi connectivity index (χ1n) is 6.82. The van der Waals surface area contributed by atoms with Crippen LogP contribution in [0.2, 0.25) is 0 Å². The van der Waals surface area contributed by atoms with E-state index in [2.05, 4.69) is 5.32 Å². The lowest BCUT2D eigenvalue weighted by molar-refractivity contribution is -0.125. The molecule has 0 radical (unpaired) electrons. The summed E-state index contributed by atoms with van der Waals surface area (Å²) in [7, 11) is 0. The smallest absolute Gasteiger partial charge is 0.274 e. The maximum atomic E-state index is 12.0. The third-order valence-corrected chi connectivity index (χ3v) is 3.81. The van der Waals surface area contributed by atoms with Gasteiger partial charge in [-0.2, -0.15) is 0 Å². The van der Waals surface area contributed by atoms with Gasteiger partial charge in [-0.05, 0) is 42.9 Å². The lowest BCUT2D eigenvalue weighted by Gasteiger charge is -2.23. The maximum Gasteiger partial charge on any atom is 0.274 e. The molecule has 2 heterocycles. The number of benzene rings is 1. The zero-order valence-electron chi connectivity index (χ0n) is 12.1. The molecule has 1 N–H and O–H groups in total. The Labute approximate surface area is 133 Å². The van der Waals surface area contributed by atoms with Crippen LogP contribution in [-0.2, 0) is 9.59 Å². The van der Waals surface area contributed by atoms with E-state index in [1.165, 1.54) is 11.8 Å². The third kappa shape index (κ3) is 2.42. The first-order chi connectivity index (χ1) is 10.5. The van der Waals surface area contributed by atoms with E-state index in [0.717, 1.165) is 16.9 Å². The highest BCUT2D eigenvalue weighted by molar-refractivity contribution is 7.80. The van der Waals surface area contributed by atoms with Crippen LogP contribution in [0.4, 0.5) is 0 Å². The molecule has 1 unspecified atom stereocenters. The SMILES string of the molecule is CC(=O)N1C(=S)NC(=O)/C1=C/C1=Cc2ccccc2OC1C. The molecule has 112 valence electrons. The summed E-state index contributed by atoms with van der Waals surface area (Å²) >= 11 is 5.01. The third-order valence-electron chi connectivity index (χ3n) is 3.53. The van der Waals surface area contributed by atoms with E-state index in [1.54, 1.807) is 6.08 Å². The average Bonchev–Trinajstić information content (AvgIpc) is 2.74. The van der Waals surface area contributed by atoms with Crippen LogP contribution < -0.4 is 10.1 Å². The molecule has 1 aromatic rings. The van der Waals surface area contributed by atoms with Crippen molar-refractivity contribution < 1.29 is 14.3 Å². The zero-order chi connectivity index (χ0) is 15.9. The van der Waals surface area contributed by atoms with E-state index < -0.39 is 0 Å². The molecule has 1 atom stereocenters. The van der Waals surface area contributed by atoms with Gasteiger partial charge in [0.1, 0.15) is 17.6 Å². The van der Waals surface area contributed by atoms with Crippen LogP contribution in [0.1, 0.15) is 19.4 Å². The highest BCUT2D eigenvalue weighted by Gasteiger charge is 2.33. The number of nitrogens with one attached hydrogen (secondary N) is 1. The first kappa shape index (κ1) is 14.5. The van der Waals surface area contributed by atoms with Gasteiger partial charge < -0.3 is 4.74 Å². The van der Waals surface area contributed by atoms with Crippen LogP contribution in [0.5, 0.6) is 5.75 Å². The summed E-state index contributed by atoms with van der Waals surface area (Å²) in [5, 5.41) is 2.59. The van der Waals surface area contributed by atoms with Crippen LogP contribution >= 0.6 is 12.2 Å². The predicted octanol–water partition coefficient (Wildman–Crippen LogP) is 2.00. The number of ether oxygens (including phenoxy) is 1. The molecule has 22 heavy (non-hydrogen) atoms. The van der Waals surface area contributed by atoms with Crippen molar-refractivity contribution in [1.29, 1.82) is 0 Å². The number of amides is 2. The Morgan fingerprint density at radius 1 is 1.41 bits per heavy atom. The number of nitrogens with zero attached hydrogens (tertiary/aromatic N) is 1. The number of hydrogen-bond donors (Lipinski definition) is 1. The van der Waals surface area contributed by atoms with Gasteiger partial charge in [0.15, 0.2) is 5.11 Å². The molecule has 0 bridgehead atoms. The van der Waals surface area contributed by atoms with E-state index in [0.29, 0.717) is 0 Å². The molecule has 1 fully saturated rings. The van der Waals surface area contributed by atoms with Crippen LogP contribution in [0.3, 0.4) is 0 Å². The quantitative estimate of drug-likeness (QED) is 0.636. The Hall–Kier alpha value is -2.47. The lowest BCUT2D eigenvalue weighted by atomic mass is 10.0. The van der Waals surface area contributed by atoms with Crippen molar-refractivity contribution in [3.8, 4) is 5.75 Å². The summed E-state index contributed by atoms with van der Waals surface area (Å²) in [6, 6.07) is 7.65. The number of thiocarbonyl (C=S) groups is 1. The van der Waals surface area contributed by atoms with Gasteiger partial charge in [0.25, 0.3) is 5.91 Å². The first-order valence-corrected chi connectivity index (χ1v) is 7.23. The Morgan fingerprint density at radius 3 is 2.86 bits per heavy atom. The molecule has 2 amide bonds. The van der Waals surface area contributed by atoms with Gasteiger partial charge in [-0.1, -0.05) is 18.2 Å². The number of carbonyl (C=O) groups is 2. The van der Waals surface area contributed by atoms with Crippen LogP contribution in [0.25, 0.3) is 6.08 Å². The summed E-state index contributed by atoms with van der Waals surface area (Å²) in [6.45, 7) is 3.26. The summed E-state index contributed by atoms with van der Waals surface area (Å²) in [5.74, 6) is 0.110. The molecule has 0 aromatic heterocycles. The number of fused-ring (bicyclic) bond motifs is 1. The number of hydrogen-bond acceptors (Lipinski definition) is 4. The standard InChI is InChI=1S/C16H14N2O3S/c1-9-12(7-11-5-3-4-6-14(11)21-9)8-13-15(20)17-16(22)18(13)10(2)19/h3-9H,1-2H3,(H,17,20,22)/b13-8-. The maximum absolute atomic E-state index is 12.0. The van der Waals surface area contributed by atoms with Gasteiger partial charge in [-0.3, -0.25) is 19.8 Å². The van der Waals surface area contributed by atoms with Crippen molar-refractivity contribution in [2.75, 3.05) is 0 Å². The van der Waals surface area contributed by atoms with E-state index in [9.17, 15) is 9.59 Å². The lowest BCUT2D eigenvalue weighted by Crippen LogP contribution is -2.31. The molecule has 0 aliphatic carbocycles. The fraction of sp³-hybridized carbons (Fsp3) is 0.188. The molecule has 0 spiro atoms. The zero-order valence-corrected chi connectivity index (χ0v) is 12.9. The van der Waals surface area contributed by atoms with E-state index in [4.69, 9.17) is 17.0 Å². The summed E-state index contributed by atoms with van der Waals surface area (Å²) in [6.07, 6.45) is 3.37. The molecule has 1 aromatic carbocycles. The van der Waals surface area contributed by atoms with Crippen LogP contribution in [0.15, 0.2) is 41.6 Å². The summed E-state index contributed by atoms with van der Waals surface area (Å²) in [5.41, 5.74) is 1.96. The summed E-state index contributed by atoms with van der Waals surface area (Å²) < 4.78 is 5.83. The average molecular weight is 314 g/mol. The molecular formula is C16H14N2O3S. The highest BCUT2D eigenvalue weighted by atomic mass is 32.1. The minimum atomic E-state index is -0.382. The number of carbonyl (C=O) groups excluding carboxylic acids is 2.